The Hall–Kier alpha value is -1.47. The van der Waals surface area contributed by atoms with E-state index in [2.05, 4.69) is 0 Å². The quantitative estimate of drug-likeness (QED) is 0.645. The fourth-order valence-corrected chi connectivity index (χ4v) is 3.78. The Morgan fingerprint density at radius 2 is 2.07 bits per heavy atom. The van der Waals surface area contributed by atoms with Crippen molar-refractivity contribution in [3.8, 4) is 0 Å². The number of ether oxygens (including phenoxy) is 2. The maximum atomic E-state index is 12.7. The van der Waals surface area contributed by atoms with Crippen molar-refractivity contribution < 1.29 is 23.9 Å². The molecule has 0 radical (unpaired) electrons. The third kappa shape index (κ3) is 5.51. The number of likely N-dealkylation sites (tertiary alicyclic amines) is 1. The lowest BCUT2D eigenvalue weighted by Gasteiger charge is -2.32. The van der Waals surface area contributed by atoms with Crippen molar-refractivity contribution in [2.45, 2.75) is 84.6 Å². The molecule has 7 nitrogen and oxygen atoms in total. The number of esters is 1. The van der Waals surface area contributed by atoms with E-state index in [0.717, 1.165) is 6.42 Å². The van der Waals surface area contributed by atoms with Gasteiger partial charge in [-0.3, -0.25) is 14.4 Å². The smallest absolute Gasteiger partial charge is 0.308 e. The number of carbonyl (C=O) groups is 3. The Labute approximate surface area is 161 Å². The largest absolute Gasteiger partial charge is 0.435 e. The molecule has 2 saturated heterocycles. The molecule has 2 aliphatic heterocycles. The second-order valence-electron chi connectivity index (χ2n) is 8.67. The van der Waals surface area contributed by atoms with Gasteiger partial charge < -0.3 is 20.1 Å². The van der Waals surface area contributed by atoms with Crippen LogP contribution in [0.5, 0.6) is 0 Å². The molecular formula is C20H34N2O5. The summed E-state index contributed by atoms with van der Waals surface area (Å²) in [5.74, 6) is -0.293. The number of nitrogens with two attached hydrogens (primary N) is 1. The predicted molar refractivity (Wildman–Crippen MR) is 101 cm³/mol. The third-order valence-electron chi connectivity index (χ3n) is 5.50. The van der Waals surface area contributed by atoms with Crippen molar-refractivity contribution in [1.29, 1.82) is 0 Å². The van der Waals surface area contributed by atoms with E-state index in [1.54, 1.807) is 4.90 Å². The van der Waals surface area contributed by atoms with Gasteiger partial charge in [0, 0.05) is 25.5 Å². The Kier molecular flexibility index (Phi) is 7.40. The minimum absolute atomic E-state index is 0.000811. The van der Waals surface area contributed by atoms with Crippen molar-refractivity contribution in [3.63, 3.8) is 0 Å². The highest BCUT2D eigenvalue weighted by Gasteiger charge is 2.39. The van der Waals surface area contributed by atoms with Crippen molar-refractivity contribution in [1.82, 2.24) is 4.90 Å². The first kappa shape index (κ1) is 21.8. The van der Waals surface area contributed by atoms with Crippen LogP contribution in [0.2, 0.25) is 0 Å². The van der Waals surface area contributed by atoms with Crippen LogP contribution in [0.15, 0.2) is 0 Å². The van der Waals surface area contributed by atoms with Crippen molar-refractivity contribution in [2.24, 2.45) is 17.1 Å². The molecule has 4 atom stereocenters. The van der Waals surface area contributed by atoms with Crippen molar-refractivity contribution in [2.75, 3.05) is 13.2 Å². The summed E-state index contributed by atoms with van der Waals surface area (Å²) in [7, 11) is 0. The van der Waals surface area contributed by atoms with Gasteiger partial charge in [-0.2, -0.15) is 0 Å². The molecule has 0 unspecified atom stereocenters. The van der Waals surface area contributed by atoms with Crippen LogP contribution in [0.1, 0.15) is 66.2 Å². The molecule has 0 aromatic rings. The molecule has 0 bridgehead atoms. The monoisotopic (exact) mass is 382 g/mol. The molecule has 7 heteroatoms. The van der Waals surface area contributed by atoms with E-state index >= 15 is 0 Å². The van der Waals surface area contributed by atoms with Crippen LogP contribution < -0.4 is 5.73 Å². The van der Waals surface area contributed by atoms with Gasteiger partial charge >= 0.3 is 5.97 Å². The molecule has 2 aliphatic rings. The van der Waals surface area contributed by atoms with Gasteiger partial charge in [-0.05, 0) is 38.0 Å². The van der Waals surface area contributed by atoms with Gasteiger partial charge in [-0.1, -0.05) is 20.8 Å². The van der Waals surface area contributed by atoms with Crippen LogP contribution in [-0.4, -0.2) is 54.1 Å². The second-order valence-corrected chi connectivity index (χ2v) is 8.67. The Morgan fingerprint density at radius 3 is 2.70 bits per heavy atom. The predicted octanol–water partition coefficient (Wildman–Crippen LogP) is 2.02. The number of ketones is 1. The van der Waals surface area contributed by atoms with E-state index < -0.39 is 12.3 Å². The van der Waals surface area contributed by atoms with Crippen molar-refractivity contribution >= 4 is 17.7 Å². The SMILES string of the molecule is CCO[C@@H]1OC(=O)C[C@@H]1CCCC(=O)[C@@H]1CCCN1C(=O)[C@@H](N)C(C)(C)C. The first-order valence-electron chi connectivity index (χ1n) is 10.0. The van der Waals surface area contributed by atoms with Crippen LogP contribution in [0.25, 0.3) is 0 Å². The van der Waals surface area contributed by atoms with Crippen LogP contribution in [0, 0.1) is 11.3 Å². The second kappa shape index (κ2) is 9.15. The van der Waals surface area contributed by atoms with Crippen LogP contribution in [0.4, 0.5) is 0 Å². The Bertz CT molecular complexity index is 557. The lowest BCUT2D eigenvalue weighted by atomic mass is 9.86. The average molecular weight is 383 g/mol. The maximum absolute atomic E-state index is 12.7. The molecule has 0 spiro atoms. The zero-order valence-electron chi connectivity index (χ0n) is 17.0. The molecule has 0 aromatic heterocycles. The average Bonchev–Trinajstić information content (AvgIpc) is 3.20. The number of Topliss-reactive ketones (excluding diaryl/α,β-unsaturated/α-hetero) is 1. The highest BCUT2D eigenvalue weighted by Crippen LogP contribution is 2.29. The fourth-order valence-electron chi connectivity index (χ4n) is 3.78. The molecule has 0 aromatic carbocycles. The number of carbonyl (C=O) groups excluding carboxylic acids is 3. The standard InChI is InChI=1S/C20H34N2O5/c1-5-26-19-13(12-16(24)27-19)8-6-10-15(23)14-9-7-11-22(14)18(25)17(21)20(2,3)4/h13-14,17,19H,5-12,21H2,1-4H3/t13-,14-,17+,19+/m0/s1. The number of nitrogens with zero attached hydrogens (tertiary/aromatic N) is 1. The number of cyclic esters (lactones) is 1. The van der Waals surface area contributed by atoms with Gasteiger partial charge in [0.05, 0.1) is 18.5 Å². The number of hydrogen-bond donors (Lipinski definition) is 1. The minimum Gasteiger partial charge on any atom is -0.435 e. The van der Waals surface area contributed by atoms with E-state index in [1.807, 2.05) is 27.7 Å². The summed E-state index contributed by atoms with van der Waals surface area (Å²) >= 11 is 0. The highest BCUT2D eigenvalue weighted by molar-refractivity contribution is 5.91. The van der Waals surface area contributed by atoms with E-state index in [-0.39, 0.29) is 35.0 Å². The molecule has 1 amide bonds. The van der Waals surface area contributed by atoms with Gasteiger partial charge in [0.15, 0.2) is 5.78 Å². The zero-order chi connectivity index (χ0) is 20.2. The Balaban J connectivity index is 1.86. The van der Waals surface area contributed by atoms with Gasteiger partial charge in [0.1, 0.15) is 0 Å². The summed E-state index contributed by atoms with van der Waals surface area (Å²) in [6.45, 7) is 8.74. The summed E-state index contributed by atoms with van der Waals surface area (Å²) in [6, 6.07) is -0.977. The topological polar surface area (TPSA) is 98.9 Å². The number of hydrogen-bond acceptors (Lipinski definition) is 6. The highest BCUT2D eigenvalue weighted by atomic mass is 16.7. The summed E-state index contributed by atoms with van der Waals surface area (Å²) < 4.78 is 10.6. The van der Waals surface area contributed by atoms with Crippen molar-refractivity contribution in [3.05, 3.63) is 0 Å². The molecule has 0 saturated carbocycles. The Morgan fingerprint density at radius 1 is 1.37 bits per heavy atom. The van der Waals surface area contributed by atoms with E-state index in [0.29, 0.717) is 45.3 Å². The molecule has 2 heterocycles. The lowest BCUT2D eigenvalue weighted by molar-refractivity contribution is -0.166. The fraction of sp³-hybridized carbons (Fsp3) is 0.850. The number of rotatable bonds is 8. The van der Waals surface area contributed by atoms with Crippen LogP contribution in [0.3, 0.4) is 0 Å². The van der Waals surface area contributed by atoms with Gasteiger partial charge in [0.2, 0.25) is 12.2 Å². The first-order valence-corrected chi connectivity index (χ1v) is 10.0. The molecule has 2 rings (SSSR count). The van der Waals surface area contributed by atoms with Crippen LogP contribution in [-0.2, 0) is 23.9 Å². The first-order chi connectivity index (χ1) is 12.6. The normalized spacial score (nSPS) is 26.9. The zero-order valence-corrected chi connectivity index (χ0v) is 17.0. The minimum atomic E-state index is -0.612. The molecule has 27 heavy (non-hydrogen) atoms. The van der Waals surface area contributed by atoms with E-state index in [4.69, 9.17) is 15.2 Å². The molecule has 0 aliphatic carbocycles. The summed E-state index contributed by atoms with van der Waals surface area (Å²) in [6.07, 6.45) is 3.13. The van der Waals surface area contributed by atoms with E-state index in [9.17, 15) is 14.4 Å². The van der Waals surface area contributed by atoms with Gasteiger partial charge in [0.25, 0.3) is 0 Å². The maximum Gasteiger partial charge on any atom is 0.308 e. The molecular weight excluding hydrogens is 348 g/mol. The molecule has 2 fully saturated rings. The molecule has 154 valence electrons. The van der Waals surface area contributed by atoms with Crippen LogP contribution >= 0.6 is 0 Å². The summed E-state index contributed by atoms with van der Waals surface area (Å²) in [4.78, 5) is 38.6. The summed E-state index contributed by atoms with van der Waals surface area (Å²) in [5, 5.41) is 0. The van der Waals surface area contributed by atoms with Gasteiger partial charge in [-0.15, -0.1) is 0 Å². The van der Waals surface area contributed by atoms with E-state index in [1.165, 1.54) is 0 Å². The van der Waals surface area contributed by atoms with Gasteiger partial charge in [-0.25, -0.2) is 0 Å². The molecule has 2 N–H and O–H groups in total. The summed E-state index contributed by atoms with van der Waals surface area (Å²) in [5.41, 5.74) is 5.78. The third-order valence-corrected chi connectivity index (χ3v) is 5.50. The lowest BCUT2D eigenvalue weighted by Crippen LogP contribution is -2.53. The number of amides is 1.